The molecule has 0 spiro atoms. The van der Waals surface area contributed by atoms with Gasteiger partial charge in [0.15, 0.2) is 5.78 Å². The Morgan fingerprint density at radius 1 is 1.03 bits per heavy atom. The van der Waals surface area contributed by atoms with E-state index in [0.717, 1.165) is 52.3 Å². The van der Waals surface area contributed by atoms with Gasteiger partial charge >= 0.3 is 0 Å². The molecule has 8 heteroatoms. The summed E-state index contributed by atoms with van der Waals surface area (Å²) in [6.07, 6.45) is 3.44. The lowest BCUT2D eigenvalue weighted by molar-refractivity contribution is 0.0972. The maximum absolute atomic E-state index is 13.0. The molecule has 1 aliphatic carbocycles. The smallest absolute Gasteiger partial charge is 0.165 e. The number of nitrogens with zero attached hydrogens (tertiary/aromatic N) is 3. The van der Waals surface area contributed by atoms with Crippen molar-refractivity contribution in [2.75, 3.05) is 6.61 Å². The molecule has 2 aromatic carbocycles. The first-order valence-electron chi connectivity index (χ1n) is 12.1. The number of halogens is 1. The van der Waals surface area contributed by atoms with Crippen molar-refractivity contribution in [3.05, 3.63) is 87.0 Å². The van der Waals surface area contributed by atoms with Crippen LogP contribution in [0.25, 0.3) is 21.7 Å². The van der Waals surface area contributed by atoms with Gasteiger partial charge in [-0.05, 0) is 48.9 Å². The monoisotopic (exact) mass is 545 g/mol. The maximum Gasteiger partial charge on any atom is 0.165 e. The SMILES string of the molecule is N#Cc1c(SCc2csc(-c3ccc(Cl)cc3)n2)nc2c(c1-c1ccc(CCCO)cc1)C(=O)CCC2. The Balaban J connectivity index is 1.48. The summed E-state index contributed by atoms with van der Waals surface area (Å²) in [5.41, 5.74) is 6.38. The van der Waals surface area contributed by atoms with Gasteiger partial charge in [0.25, 0.3) is 0 Å². The summed E-state index contributed by atoms with van der Waals surface area (Å²) in [6, 6.07) is 17.9. The predicted octanol–water partition coefficient (Wildman–Crippen LogP) is 7.13. The number of aliphatic hydroxyl groups excluding tert-OH is 1. The average Bonchev–Trinajstić information content (AvgIpc) is 3.40. The molecule has 4 aromatic rings. The summed E-state index contributed by atoms with van der Waals surface area (Å²) < 4.78 is 0. The van der Waals surface area contributed by atoms with Gasteiger partial charge in [0.05, 0.1) is 17.0 Å². The molecule has 0 bridgehead atoms. The molecule has 2 aromatic heterocycles. The van der Waals surface area contributed by atoms with Gasteiger partial charge in [0, 0.05) is 45.9 Å². The molecule has 0 atom stereocenters. The first-order valence-corrected chi connectivity index (χ1v) is 14.3. The van der Waals surface area contributed by atoms with Crippen LogP contribution in [-0.2, 0) is 18.6 Å². The van der Waals surface area contributed by atoms with Crippen LogP contribution in [-0.4, -0.2) is 27.5 Å². The van der Waals surface area contributed by atoms with Crippen LogP contribution in [0.5, 0.6) is 0 Å². The highest BCUT2D eigenvalue weighted by atomic mass is 35.5. The first kappa shape index (κ1) is 25.6. The van der Waals surface area contributed by atoms with Crippen LogP contribution in [0.2, 0.25) is 5.02 Å². The zero-order valence-corrected chi connectivity index (χ0v) is 22.4. The number of benzene rings is 2. The number of fused-ring (bicyclic) bond motifs is 1. The molecule has 2 heterocycles. The number of pyridine rings is 1. The van der Waals surface area contributed by atoms with Crippen molar-refractivity contribution in [3.63, 3.8) is 0 Å². The molecular formula is C29H24ClN3O2S2. The minimum absolute atomic E-state index is 0.0493. The lowest BCUT2D eigenvalue weighted by Crippen LogP contribution is -2.16. The quantitative estimate of drug-likeness (QED) is 0.237. The normalized spacial score (nSPS) is 12.8. The van der Waals surface area contributed by atoms with E-state index in [1.165, 1.54) is 11.8 Å². The molecule has 0 radical (unpaired) electrons. The van der Waals surface area contributed by atoms with Gasteiger partial charge in [-0.3, -0.25) is 4.79 Å². The topological polar surface area (TPSA) is 86.9 Å². The number of aromatic nitrogens is 2. The standard InChI is InChI=1S/C29H24ClN3O2S2/c30-21-12-10-20(11-13-21)28-32-22(16-36-28)17-37-29-23(15-31)26(27-24(33-29)4-1-5-25(27)35)19-8-6-18(7-9-19)3-2-14-34/h6-13,16,34H,1-5,14,17H2. The Morgan fingerprint density at radius 2 is 1.78 bits per heavy atom. The number of thioether (sulfide) groups is 1. The molecule has 37 heavy (non-hydrogen) atoms. The third-order valence-electron chi connectivity index (χ3n) is 6.31. The second kappa shape index (κ2) is 11.6. The van der Waals surface area contributed by atoms with Gasteiger partial charge < -0.3 is 5.11 Å². The number of aliphatic hydroxyl groups is 1. The van der Waals surface area contributed by atoms with Gasteiger partial charge in [-0.1, -0.05) is 59.8 Å². The van der Waals surface area contributed by atoms with Crippen molar-refractivity contribution < 1.29 is 9.90 Å². The number of aryl methyl sites for hydroxylation is 2. The molecule has 0 saturated heterocycles. The first-order chi connectivity index (χ1) is 18.1. The van der Waals surface area contributed by atoms with E-state index in [2.05, 4.69) is 6.07 Å². The molecule has 0 amide bonds. The molecule has 5 rings (SSSR count). The second-order valence-electron chi connectivity index (χ2n) is 8.84. The lowest BCUT2D eigenvalue weighted by Gasteiger charge is -2.21. The van der Waals surface area contributed by atoms with E-state index in [0.29, 0.717) is 45.3 Å². The fourth-order valence-electron chi connectivity index (χ4n) is 4.49. The number of carbonyl (C=O) groups excluding carboxylic acids is 1. The van der Waals surface area contributed by atoms with Crippen molar-refractivity contribution in [2.24, 2.45) is 0 Å². The molecule has 1 aliphatic rings. The average molecular weight is 546 g/mol. The van der Waals surface area contributed by atoms with E-state index in [9.17, 15) is 10.1 Å². The molecule has 0 saturated carbocycles. The number of nitriles is 1. The Kier molecular flexibility index (Phi) is 8.02. The fraction of sp³-hybridized carbons (Fsp3) is 0.241. The molecule has 0 fully saturated rings. The fourth-order valence-corrected chi connectivity index (χ4v) is 6.45. The van der Waals surface area contributed by atoms with Gasteiger partial charge in [-0.15, -0.1) is 11.3 Å². The largest absolute Gasteiger partial charge is 0.396 e. The van der Waals surface area contributed by atoms with Gasteiger partial charge in [0.1, 0.15) is 16.1 Å². The molecule has 0 unspecified atom stereocenters. The Bertz CT molecular complexity index is 1480. The number of thiazole rings is 1. The van der Waals surface area contributed by atoms with Crippen molar-refractivity contribution in [1.29, 1.82) is 5.26 Å². The van der Waals surface area contributed by atoms with Crippen LogP contribution >= 0.6 is 34.7 Å². The van der Waals surface area contributed by atoms with E-state index in [1.54, 1.807) is 11.3 Å². The molecular weight excluding hydrogens is 522 g/mol. The Hall–Kier alpha value is -3.02. The van der Waals surface area contributed by atoms with Crippen molar-refractivity contribution in [3.8, 4) is 27.8 Å². The highest BCUT2D eigenvalue weighted by Crippen LogP contribution is 2.39. The van der Waals surface area contributed by atoms with Crippen LogP contribution in [0, 0.1) is 11.3 Å². The zero-order valence-electron chi connectivity index (χ0n) is 20.0. The third-order valence-corrected chi connectivity index (χ3v) is 8.51. The van der Waals surface area contributed by atoms with Gasteiger partial charge in [-0.25, -0.2) is 9.97 Å². The summed E-state index contributed by atoms with van der Waals surface area (Å²) in [6.45, 7) is 0.146. The lowest BCUT2D eigenvalue weighted by atomic mass is 9.86. The van der Waals surface area contributed by atoms with E-state index in [1.807, 2.05) is 53.9 Å². The Labute approximate surface area is 229 Å². The summed E-state index contributed by atoms with van der Waals surface area (Å²) in [7, 11) is 0. The predicted molar refractivity (Wildman–Crippen MR) is 149 cm³/mol. The Morgan fingerprint density at radius 3 is 2.51 bits per heavy atom. The van der Waals surface area contributed by atoms with E-state index >= 15 is 0 Å². The number of rotatable bonds is 8. The summed E-state index contributed by atoms with van der Waals surface area (Å²) in [4.78, 5) is 22.6. The van der Waals surface area contributed by atoms with Crippen LogP contribution in [0.15, 0.2) is 58.9 Å². The van der Waals surface area contributed by atoms with Crippen LogP contribution in [0.1, 0.15) is 52.1 Å². The van der Waals surface area contributed by atoms with Crippen molar-refractivity contribution in [2.45, 2.75) is 42.9 Å². The minimum Gasteiger partial charge on any atom is -0.396 e. The minimum atomic E-state index is 0.0493. The zero-order chi connectivity index (χ0) is 25.8. The number of hydrogen-bond donors (Lipinski definition) is 1. The second-order valence-corrected chi connectivity index (χ2v) is 11.1. The van der Waals surface area contributed by atoms with E-state index in [4.69, 9.17) is 26.7 Å². The van der Waals surface area contributed by atoms with Gasteiger partial charge in [0.2, 0.25) is 0 Å². The van der Waals surface area contributed by atoms with Crippen molar-refractivity contribution >= 4 is 40.5 Å². The molecule has 186 valence electrons. The highest BCUT2D eigenvalue weighted by Gasteiger charge is 2.28. The number of hydrogen-bond acceptors (Lipinski definition) is 7. The summed E-state index contributed by atoms with van der Waals surface area (Å²) in [5, 5.41) is 23.6. The maximum atomic E-state index is 13.0. The third kappa shape index (κ3) is 5.63. The highest BCUT2D eigenvalue weighted by molar-refractivity contribution is 7.98. The number of ketones is 1. The summed E-state index contributed by atoms with van der Waals surface area (Å²) in [5.74, 6) is 0.617. The van der Waals surface area contributed by atoms with Crippen LogP contribution in [0.4, 0.5) is 0 Å². The molecule has 5 nitrogen and oxygen atoms in total. The van der Waals surface area contributed by atoms with Crippen molar-refractivity contribution in [1.82, 2.24) is 9.97 Å². The molecule has 0 aliphatic heterocycles. The van der Waals surface area contributed by atoms with Crippen LogP contribution < -0.4 is 0 Å². The van der Waals surface area contributed by atoms with E-state index in [-0.39, 0.29) is 12.4 Å². The van der Waals surface area contributed by atoms with Crippen LogP contribution in [0.3, 0.4) is 0 Å². The van der Waals surface area contributed by atoms with Gasteiger partial charge in [-0.2, -0.15) is 5.26 Å². The number of Topliss-reactive ketones (excluding diaryl/α,β-unsaturated/α-hetero) is 1. The summed E-state index contributed by atoms with van der Waals surface area (Å²) >= 11 is 9.06. The molecule has 1 N–H and O–H groups in total. The van der Waals surface area contributed by atoms with E-state index < -0.39 is 0 Å². The number of carbonyl (C=O) groups is 1.